The molecule has 0 N–H and O–H groups in total. The minimum atomic E-state index is -0.595. The Bertz CT molecular complexity index is 619. The van der Waals surface area contributed by atoms with E-state index in [2.05, 4.69) is 14.6 Å². The van der Waals surface area contributed by atoms with Crippen molar-refractivity contribution in [3.8, 4) is 0 Å². The molecular formula is C14H14N2O4. The first-order valence-corrected chi connectivity index (χ1v) is 5.94. The van der Waals surface area contributed by atoms with Crippen LogP contribution < -0.4 is 0 Å². The maximum Gasteiger partial charge on any atom is 0.358 e. The summed E-state index contributed by atoms with van der Waals surface area (Å²) >= 11 is 0. The number of nitrogens with zero attached hydrogens (tertiary/aromatic N) is 2. The number of hydrogen-bond acceptors (Lipinski definition) is 5. The van der Waals surface area contributed by atoms with Gasteiger partial charge in [-0.3, -0.25) is 4.68 Å². The van der Waals surface area contributed by atoms with Gasteiger partial charge in [0.05, 0.1) is 20.8 Å². The van der Waals surface area contributed by atoms with Crippen LogP contribution in [0.2, 0.25) is 0 Å². The van der Waals surface area contributed by atoms with Crippen molar-refractivity contribution in [1.29, 1.82) is 0 Å². The third kappa shape index (κ3) is 2.85. The van der Waals surface area contributed by atoms with Gasteiger partial charge in [0.2, 0.25) is 0 Å². The van der Waals surface area contributed by atoms with Crippen LogP contribution in [-0.4, -0.2) is 35.9 Å². The van der Waals surface area contributed by atoms with Crippen LogP contribution in [0.5, 0.6) is 0 Å². The number of methoxy groups -OCH3 is 2. The molecule has 0 aliphatic rings. The minimum Gasteiger partial charge on any atom is -0.464 e. The predicted molar refractivity (Wildman–Crippen MR) is 70.5 cm³/mol. The summed E-state index contributed by atoms with van der Waals surface area (Å²) in [5.41, 5.74) is 1.23. The Morgan fingerprint density at radius 3 is 2.35 bits per heavy atom. The monoisotopic (exact) mass is 274 g/mol. The van der Waals surface area contributed by atoms with Crippen molar-refractivity contribution < 1.29 is 19.1 Å². The zero-order valence-electron chi connectivity index (χ0n) is 11.2. The minimum absolute atomic E-state index is 0.0730. The molecule has 0 fully saturated rings. The number of esters is 2. The fourth-order valence-electron chi connectivity index (χ4n) is 1.77. The molecule has 20 heavy (non-hydrogen) atoms. The van der Waals surface area contributed by atoms with Crippen molar-refractivity contribution in [1.82, 2.24) is 9.78 Å². The highest BCUT2D eigenvalue weighted by molar-refractivity contribution is 5.93. The number of carbonyl (C=O) groups is 2. The topological polar surface area (TPSA) is 70.4 Å². The number of aromatic nitrogens is 2. The van der Waals surface area contributed by atoms with Gasteiger partial charge in [0, 0.05) is 6.07 Å². The molecule has 1 heterocycles. The Labute approximate surface area is 115 Å². The lowest BCUT2D eigenvalue weighted by molar-refractivity contribution is 0.0581. The molecule has 2 aromatic rings. The molecule has 104 valence electrons. The molecule has 6 heteroatoms. The van der Waals surface area contributed by atoms with Crippen molar-refractivity contribution in [2.75, 3.05) is 14.2 Å². The Kier molecular flexibility index (Phi) is 4.14. The third-order valence-electron chi connectivity index (χ3n) is 2.74. The summed E-state index contributed by atoms with van der Waals surface area (Å²) in [7, 11) is 2.54. The average Bonchev–Trinajstić information content (AvgIpc) is 2.90. The summed E-state index contributed by atoms with van der Waals surface area (Å²) in [6.45, 7) is 0.363. The molecule has 0 aliphatic carbocycles. The smallest absolute Gasteiger partial charge is 0.358 e. The normalized spacial score (nSPS) is 10.1. The molecular weight excluding hydrogens is 260 g/mol. The van der Waals surface area contributed by atoms with E-state index in [1.165, 1.54) is 25.0 Å². The van der Waals surface area contributed by atoms with Crippen LogP contribution in [0.15, 0.2) is 36.4 Å². The molecule has 1 aromatic heterocycles. The maximum absolute atomic E-state index is 11.7. The molecule has 1 aromatic carbocycles. The van der Waals surface area contributed by atoms with Gasteiger partial charge < -0.3 is 9.47 Å². The lowest BCUT2D eigenvalue weighted by Gasteiger charge is -2.05. The number of ether oxygens (including phenoxy) is 2. The standard InChI is InChI=1S/C14H14N2O4/c1-19-13(17)11-8-12(14(18)20-2)16(15-11)9-10-6-4-3-5-7-10/h3-8H,9H2,1-2H3. The third-order valence-corrected chi connectivity index (χ3v) is 2.74. The van der Waals surface area contributed by atoms with E-state index in [0.717, 1.165) is 5.56 Å². The highest BCUT2D eigenvalue weighted by atomic mass is 16.5. The fraction of sp³-hybridized carbons (Fsp3) is 0.214. The number of benzene rings is 1. The molecule has 0 saturated heterocycles. The van der Waals surface area contributed by atoms with Gasteiger partial charge in [0.25, 0.3) is 0 Å². The van der Waals surface area contributed by atoms with Crippen LogP contribution in [0.25, 0.3) is 0 Å². The van der Waals surface area contributed by atoms with E-state index < -0.39 is 11.9 Å². The van der Waals surface area contributed by atoms with Crippen LogP contribution in [0.3, 0.4) is 0 Å². The predicted octanol–water partition coefficient (Wildman–Crippen LogP) is 1.50. The summed E-state index contributed by atoms with van der Waals surface area (Å²) in [5, 5.41) is 4.09. The van der Waals surface area contributed by atoms with Gasteiger partial charge in [-0.1, -0.05) is 30.3 Å². The average molecular weight is 274 g/mol. The zero-order chi connectivity index (χ0) is 14.5. The molecule has 0 bridgehead atoms. The lowest BCUT2D eigenvalue weighted by Crippen LogP contribution is -2.13. The number of carbonyl (C=O) groups excluding carboxylic acids is 2. The van der Waals surface area contributed by atoms with Crippen molar-refractivity contribution >= 4 is 11.9 Å². The Hall–Kier alpha value is -2.63. The molecule has 0 spiro atoms. The summed E-state index contributed by atoms with van der Waals surface area (Å²) in [5.74, 6) is -1.15. The molecule has 0 saturated carbocycles. The van der Waals surface area contributed by atoms with E-state index in [1.807, 2.05) is 30.3 Å². The Morgan fingerprint density at radius 2 is 1.75 bits per heavy atom. The van der Waals surface area contributed by atoms with E-state index in [0.29, 0.717) is 6.54 Å². The summed E-state index contributed by atoms with van der Waals surface area (Å²) in [4.78, 5) is 23.2. The second-order valence-electron chi connectivity index (χ2n) is 4.04. The van der Waals surface area contributed by atoms with Gasteiger partial charge >= 0.3 is 11.9 Å². The first-order valence-electron chi connectivity index (χ1n) is 5.94. The highest BCUT2D eigenvalue weighted by Gasteiger charge is 2.20. The number of hydrogen-bond donors (Lipinski definition) is 0. The molecule has 0 unspecified atom stereocenters. The second kappa shape index (κ2) is 6.01. The molecule has 0 aliphatic heterocycles. The Morgan fingerprint density at radius 1 is 1.10 bits per heavy atom. The van der Waals surface area contributed by atoms with Crippen molar-refractivity contribution in [2.24, 2.45) is 0 Å². The lowest BCUT2D eigenvalue weighted by atomic mass is 10.2. The van der Waals surface area contributed by atoms with Crippen molar-refractivity contribution in [3.63, 3.8) is 0 Å². The van der Waals surface area contributed by atoms with E-state index in [-0.39, 0.29) is 11.4 Å². The quantitative estimate of drug-likeness (QED) is 0.790. The zero-order valence-corrected chi connectivity index (χ0v) is 11.2. The van der Waals surface area contributed by atoms with E-state index in [9.17, 15) is 9.59 Å². The van der Waals surface area contributed by atoms with Gasteiger partial charge in [0.1, 0.15) is 5.69 Å². The first kappa shape index (κ1) is 13.8. The van der Waals surface area contributed by atoms with E-state index in [4.69, 9.17) is 0 Å². The van der Waals surface area contributed by atoms with Crippen LogP contribution in [-0.2, 0) is 16.0 Å². The largest absolute Gasteiger partial charge is 0.464 e. The molecule has 0 amide bonds. The first-order chi connectivity index (χ1) is 9.65. The van der Waals surface area contributed by atoms with Crippen LogP contribution >= 0.6 is 0 Å². The van der Waals surface area contributed by atoms with E-state index >= 15 is 0 Å². The molecule has 2 rings (SSSR count). The SMILES string of the molecule is COC(=O)c1cc(C(=O)OC)n(Cc2ccccc2)n1. The van der Waals surface area contributed by atoms with Crippen LogP contribution in [0.1, 0.15) is 26.5 Å². The van der Waals surface area contributed by atoms with Crippen molar-refractivity contribution in [2.45, 2.75) is 6.54 Å². The van der Waals surface area contributed by atoms with Crippen LogP contribution in [0.4, 0.5) is 0 Å². The maximum atomic E-state index is 11.7. The van der Waals surface area contributed by atoms with Gasteiger partial charge in [-0.25, -0.2) is 9.59 Å². The fourth-order valence-corrected chi connectivity index (χ4v) is 1.77. The summed E-state index contributed by atoms with van der Waals surface area (Å²) in [6, 6.07) is 10.8. The Balaban J connectivity index is 2.37. The molecule has 0 atom stereocenters. The van der Waals surface area contributed by atoms with Crippen molar-refractivity contribution in [3.05, 3.63) is 53.3 Å². The van der Waals surface area contributed by atoms with Gasteiger partial charge in [-0.05, 0) is 5.56 Å². The van der Waals surface area contributed by atoms with Gasteiger partial charge in [-0.2, -0.15) is 5.10 Å². The van der Waals surface area contributed by atoms with Gasteiger partial charge in [-0.15, -0.1) is 0 Å². The molecule has 6 nitrogen and oxygen atoms in total. The summed E-state index contributed by atoms with van der Waals surface area (Å²) < 4.78 is 10.7. The second-order valence-corrected chi connectivity index (χ2v) is 4.04. The highest BCUT2D eigenvalue weighted by Crippen LogP contribution is 2.10. The van der Waals surface area contributed by atoms with Gasteiger partial charge in [0.15, 0.2) is 5.69 Å². The molecule has 0 radical (unpaired) electrons. The summed E-state index contributed by atoms with van der Waals surface area (Å²) in [6.07, 6.45) is 0. The number of rotatable bonds is 4. The van der Waals surface area contributed by atoms with Crippen LogP contribution in [0, 0.1) is 0 Å². The van der Waals surface area contributed by atoms with E-state index in [1.54, 1.807) is 0 Å².